The Labute approximate surface area is 430 Å². The summed E-state index contributed by atoms with van der Waals surface area (Å²) in [5.74, 6) is 0.407. The highest BCUT2D eigenvalue weighted by atomic mass is 35.5. The van der Waals surface area contributed by atoms with Gasteiger partial charge in [0.1, 0.15) is 29.1 Å². The van der Waals surface area contributed by atoms with Crippen molar-refractivity contribution in [2.24, 2.45) is 0 Å². The van der Waals surface area contributed by atoms with Crippen molar-refractivity contribution in [2.75, 3.05) is 69.3 Å². The molecule has 2 aromatic heterocycles. The molecule has 3 atom stereocenters. The molecule has 2 fully saturated rings. The molecule has 2 N–H and O–H groups in total. The molecule has 0 spiro atoms. The molecule has 0 bridgehead atoms. The van der Waals surface area contributed by atoms with E-state index in [4.69, 9.17) is 26.3 Å². The number of hydrogen-bond donors (Lipinski definition) is 2. The third kappa shape index (κ3) is 12.4. The van der Waals surface area contributed by atoms with Crippen molar-refractivity contribution in [3.05, 3.63) is 110 Å². The third-order valence-corrected chi connectivity index (χ3v) is 15.1. The van der Waals surface area contributed by atoms with Gasteiger partial charge < -0.3 is 34.8 Å². The number of amides is 3. The normalized spacial score (nSPS) is 17.5. The first kappa shape index (κ1) is 51.6. The first-order valence-electron chi connectivity index (χ1n) is 25.0. The quantitative estimate of drug-likeness (QED) is 0.0428. The molecule has 8 rings (SSSR count). The van der Waals surface area contributed by atoms with Crippen LogP contribution in [0.3, 0.4) is 0 Å². The van der Waals surface area contributed by atoms with Crippen LogP contribution in [-0.4, -0.2) is 124 Å². The van der Waals surface area contributed by atoms with E-state index in [1.54, 1.807) is 23.5 Å². The highest BCUT2D eigenvalue weighted by Gasteiger charge is 2.35. The van der Waals surface area contributed by atoms with Crippen molar-refractivity contribution in [2.45, 2.75) is 95.8 Å². The number of ether oxygens (including phenoxy) is 1. The molecule has 16 nitrogen and oxygen atoms in total. The van der Waals surface area contributed by atoms with Gasteiger partial charge in [-0.3, -0.25) is 14.5 Å². The van der Waals surface area contributed by atoms with E-state index < -0.39 is 12.1 Å². The number of aryl methyl sites for hydroxylation is 1. The van der Waals surface area contributed by atoms with Gasteiger partial charge in [-0.2, -0.15) is 20.5 Å². The summed E-state index contributed by atoms with van der Waals surface area (Å²) in [7, 11) is 1.73. The van der Waals surface area contributed by atoms with Gasteiger partial charge in [-0.25, -0.2) is 9.78 Å². The van der Waals surface area contributed by atoms with Crippen LogP contribution in [0.4, 0.5) is 16.3 Å². The molecule has 72 heavy (non-hydrogen) atoms. The summed E-state index contributed by atoms with van der Waals surface area (Å²) >= 11 is 8.15. The number of hydrogen-bond acceptors (Lipinski definition) is 13. The molecule has 3 aliphatic rings. The molecule has 0 radical (unpaired) electrons. The zero-order chi connectivity index (χ0) is 50.6. The molecule has 0 saturated carbocycles. The Balaban J connectivity index is 0.833. The van der Waals surface area contributed by atoms with E-state index in [0.717, 1.165) is 96.3 Å². The van der Waals surface area contributed by atoms with Gasteiger partial charge in [-0.1, -0.05) is 73.5 Å². The van der Waals surface area contributed by atoms with E-state index in [0.29, 0.717) is 68.6 Å². The monoisotopic (exact) mass is 1010 g/mol. The molecule has 5 aromatic rings. The van der Waals surface area contributed by atoms with Gasteiger partial charge in [0.15, 0.2) is 0 Å². The van der Waals surface area contributed by atoms with E-state index in [1.807, 2.05) is 48.5 Å². The maximum Gasteiger partial charge on any atom is 0.407 e. The zero-order valence-electron chi connectivity index (χ0n) is 41.0. The first-order valence-corrected chi connectivity index (χ1v) is 26.2. The molecular formula is C54H62ClN11O5S. The van der Waals surface area contributed by atoms with Crippen LogP contribution in [-0.2, 0) is 29.0 Å². The number of halogens is 1. The minimum Gasteiger partial charge on any atom is -0.465 e. The van der Waals surface area contributed by atoms with Crippen LogP contribution >= 0.6 is 22.9 Å². The average Bonchev–Trinajstić information content (AvgIpc) is 4.10. The number of aromatic nitrogens is 3. The van der Waals surface area contributed by atoms with Gasteiger partial charge >= 0.3 is 12.1 Å². The number of thiazole rings is 1. The maximum atomic E-state index is 13.4. The van der Waals surface area contributed by atoms with Gasteiger partial charge in [0.05, 0.1) is 41.8 Å². The first-order chi connectivity index (χ1) is 35.0. The number of anilines is 2. The van der Waals surface area contributed by atoms with Gasteiger partial charge in [0, 0.05) is 80.4 Å². The highest BCUT2D eigenvalue weighted by molar-refractivity contribution is 7.10. The predicted molar refractivity (Wildman–Crippen MR) is 280 cm³/mol. The van der Waals surface area contributed by atoms with Crippen LogP contribution in [0, 0.1) is 22.7 Å². The Kier molecular flexibility index (Phi) is 17.6. The van der Waals surface area contributed by atoms with Crippen molar-refractivity contribution in [1.82, 2.24) is 35.0 Å². The maximum absolute atomic E-state index is 13.4. The number of piperazine rings is 1. The standard InChI is InChI=1S/C54H62ClN11O5S/c1-3-9-46(62(2)52(68)40(33-57)32-49-59-25-31-72-49)38-18-15-37(16-19-38)17-20-48(67)58-24-4-5-26-63-27-8-12-42(63)36-71-53-60-45-35-64(47-14-7-11-39-10-6-13-44(55)50(39)47)28-22-43(45)51(61-53)65-29-30-66(54(69)70)41(34-65)21-23-56/h6-7,10-11,13-16,18-19,25,31-32,41-42,46H,3-5,8-9,12,17,20-22,24,26-30,34-36H2,1-2H3,(H,58,67)(H,69,70)/b40-32+/t41-,42-,46?/m0/s1. The fourth-order valence-corrected chi connectivity index (χ4v) is 11.1. The number of nitrogens with one attached hydrogen (secondary N) is 1. The largest absolute Gasteiger partial charge is 0.465 e. The number of unbranched alkanes of at least 4 members (excludes halogenated alkanes) is 1. The molecule has 5 heterocycles. The van der Waals surface area contributed by atoms with Crippen LogP contribution in [0.1, 0.15) is 91.7 Å². The number of likely N-dealkylation sites (tertiary alicyclic amines) is 1. The molecule has 3 aliphatic heterocycles. The van der Waals surface area contributed by atoms with Crippen molar-refractivity contribution in [3.8, 4) is 18.1 Å². The molecule has 2 saturated heterocycles. The van der Waals surface area contributed by atoms with E-state index in [-0.39, 0.29) is 48.4 Å². The zero-order valence-corrected chi connectivity index (χ0v) is 42.6. The minimum atomic E-state index is -1.03. The number of carbonyl (C=O) groups excluding carboxylic acids is 2. The van der Waals surface area contributed by atoms with Crippen molar-refractivity contribution in [1.29, 1.82) is 10.5 Å². The predicted octanol–water partition coefficient (Wildman–Crippen LogP) is 8.66. The lowest BCUT2D eigenvalue weighted by molar-refractivity contribution is -0.127. The smallest absolute Gasteiger partial charge is 0.407 e. The van der Waals surface area contributed by atoms with Gasteiger partial charge in [0.2, 0.25) is 5.91 Å². The van der Waals surface area contributed by atoms with E-state index in [2.05, 4.69) is 56.2 Å². The Hall–Kier alpha value is -6.79. The summed E-state index contributed by atoms with van der Waals surface area (Å²) in [6.07, 6.45) is 9.29. The Morgan fingerprint density at radius 3 is 2.60 bits per heavy atom. The Morgan fingerprint density at radius 2 is 1.85 bits per heavy atom. The van der Waals surface area contributed by atoms with Crippen molar-refractivity contribution >= 4 is 69.2 Å². The van der Waals surface area contributed by atoms with Crippen LogP contribution in [0.2, 0.25) is 5.02 Å². The van der Waals surface area contributed by atoms with E-state index >= 15 is 0 Å². The number of nitriles is 2. The molecular weight excluding hydrogens is 950 g/mol. The summed E-state index contributed by atoms with van der Waals surface area (Å²) in [5, 5.41) is 37.5. The minimum absolute atomic E-state index is 0.00886. The SMILES string of the molecule is CCCC(c1ccc(CCC(=O)NCCCCN2CCC[C@H]2COc2nc3c(c(N4CCN(C(=O)O)[C@@H](CC#N)C4)n2)CCN(c2cccc4cccc(Cl)c24)C3)cc1)N(C)C(=O)/C(C#N)=C/c1nccs1. The van der Waals surface area contributed by atoms with Crippen LogP contribution in [0.5, 0.6) is 6.01 Å². The topological polar surface area (TPSA) is 195 Å². The molecule has 0 aliphatic carbocycles. The van der Waals surface area contributed by atoms with Crippen LogP contribution in [0.15, 0.2) is 77.8 Å². The molecule has 3 aromatic carbocycles. The Bertz CT molecular complexity index is 2810. The fourth-order valence-electron chi connectivity index (χ4n) is 10.3. The van der Waals surface area contributed by atoms with Gasteiger partial charge in [0.25, 0.3) is 5.91 Å². The lowest BCUT2D eigenvalue weighted by Crippen LogP contribution is -2.55. The number of fused-ring (bicyclic) bond motifs is 2. The number of carbonyl (C=O) groups is 3. The lowest BCUT2D eigenvalue weighted by Gasteiger charge is -2.41. The molecule has 1 unspecified atom stereocenters. The number of benzene rings is 3. The second-order valence-corrected chi connectivity index (χ2v) is 20.0. The Morgan fingerprint density at radius 1 is 1.03 bits per heavy atom. The van der Waals surface area contributed by atoms with Crippen LogP contribution < -0.4 is 19.9 Å². The molecule has 376 valence electrons. The highest BCUT2D eigenvalue weighted by Crippen LogP contribution is 2.38. The summed E-state index contributed by atoms with van der Waals surface area (Å²) in [6, 6.07) is 24.2. The van der Waals surface area contributed by atoms with Crippen molar-refractivity contribution in [3.63, 3.8) is 0 Å². The number of likely N-dealkylation sites (N-methyl/N-ethyl adjacent to an activating group) is 1. The van der Waals surface area contributed by atoms with E-state index in [1.165, 1.54) is 22.3 Å². The summed E-state index contributed by atoms with van der Waals surface area (Å²) in [6.45, 7) is 7.21. The van der Waals surface area contributed by atoms with E-state index in [9.17, 15) is 30.0 Å². The summed E-state index contributed by atoms with van der Waals surface area (Å²) < 4.78 is 6.51. The summed E-state index contributed by atoms with van der Waals surface area (Å²) in [4.78, 5) is 62.5. The number of nitrogens with zero attached hydrogens (tertiary/aromatic N) is 10. The molecule has 18 heteroatoms. The number of carboxylic acid groups (broad SMARTS) is 1. The second kappa shape index (κ2) is 24.6. The molecule has 3 amide bonds. The fraction of sp³-hybridized carbons (Fsp3) is 0.444. The number of rotatable bonds is 20. The summed E-state index contributed by atoms with van der Waals surface area (Å²) in [5.41, 5.74) is 4.97. The van der Waals surface area contributed by atoms with Crippen LogP contribution in [0.25, 0.3) is 16.8 Å². The van der Waals surface area contributed by atoms with Gasteiger partial charge in [-0.05, 0) is 92.8 Å². The third-order valence-electron chi connectivity index (χ3n) is 14.1. The lowest BCUT2D eigenvalue weighted by atomic mass is 9.98. The van der Waals surface area contributed by atoms with Gasteiger partial charge in [-0.15, -0.1) is 11.3 Å². The van der Waals surface area contributed by atoms with Crippen molar-refractivity contribution < 1.29 is 24.2 Å². The average molecular weight is 1010 g/mol. The second-order valence-electron chi connectivity index (χ2n) is 18.7.